The summed E-state index contributed by atoms with van der Waals surface area (Å²) in [6.07, 6.45) is 0.691. The summed E-state index contributed by atoms with van der Waals surface area (Å²) < 4.78 is 14.4. The van der Waals surface area contributed by atoms with Crippen molar-refractivity contribution in [1.82, 2.24) is 14.4 Å². The van der Waals surface area contributed by atoms with Crippen LogP contribution in [-0.2, 0) is 13.1 Å². The van der Waals surface area contributed by atoms with Crippen LogP contribution in [0.5, 0.6) is 5.75 Å². The Morgan fingerprint density at radius 3 is 2.40 bits per heavy atom. The molecule has 0 bridgehead atoms. The minimum atomic E-state index is -0.930. The summed E-state index contributed by atoms with van der Waals surface area (Å²) in [5.74, 6) is -0.659. The van der Waals surface area contributed by atoms with Gasteiger partial charge in [-0.25, -0.2) is 9.18 Å². The quantitative estimate of drug-likeness (QED) is 0.799. The second kappa shape index (κ2) is 8.47. The van der Waals surface area contributed by atoms with E-state index in [-0.39, 0.29) is 29.6 Å². The van der Waals surface area contributed by atoms with Gasteiger partial charge in [0.15, 0.2) is 5.75 Å². The van der Waals surface area contributed by atoms with Gasteiger partial charge in [0, 0.05) is 37.9 Å². The molecule has 0 saturated carbocycles. The Labute approximate surface area is 175 Å². The van der Waals surface area contributed by atoms with Crippen molar-refractivity contribution in [3.63, 3.8) is 0 Å². The van der Waals surface area contributed by atoms with E-state index in [9.17, 15) is 24.2 Å². The summed E-state index contributed by atoms with van der Waals surface area (Å²) >= 11 is 0. The lowest BCUT2D eigenvalue weighted by atomic mass is 9.84. The van der Waals surface area contributed by atoms with Crippen LogP contribution in [0.3, 0.4) is 0 Å². The molecule has 7 nitrogen and oxygen atoms in total. The Hall–Kier alpha value is -2.87. The van der Waals surface area contributed by atoms with Crippen LogP contribution < -0.4 is 5.56 Å². The summed E-state index contributed by atoms with van der Waals surface area (Å²) in [5, 5.41) is 20.0. The molecule has 0 aliphatic carbocycles. The van der Waals surface area contributed by atoms with Crippen molar-refractivity contribution in [2.75, 3.05) is 19.6 Å². The van der Waals surface area contributed by atoms with Crippen LogP contribution >= 0.6 is 0 Å². The van der Waals surface area contributed by atoms with Gasteiger partial charge in [0.1, 0.15) is 5.82 Å². The van der Waals surface area contributed by atoms with Gasteiger partial charge in [-0.05, 0) is 29.2 Å². The zero-order valence-corrected chi connectivity index (χ0v) is 17.5. The number of pyridine rings is 1. The predicted octanol–water partition coefficient (Wildman–Crippen LogP) is 2.95. The minimum absolute atomic E-state index is 0.190. The molecule has 162 valence electrons. The highest BCUT2D eigenvalue weighted by molar-refractivity contribution is 5.65. The number of amides is 1. The first kappa shape index (κ1) is 21.8. The highest BCUT2D eigenvalue weighted by Gasteiger charge is 2.38. The van der Waals surface area contributed by atoms with Crippen molar-refractivity contribution < 1.29 is 19.4 Å². The van der Waals surface area contributed by atoms with E-state index in [1.807, 2.05) is 20.8 Å². The number of carboxylic acid groups (broad SMARTS) is 1. The second-order valence-electron chi connectivity index (χ2n) is 8.84. The number of piperazine rings is 1. The van der Waals surface area contributed by atoms with E-state index < -0.39 is 11.7 Å². The molecule has 0 radical (unpaired) electrons. The largest absolute Gasteiger partial charge is 0.503 e. The number of aromatic hydroxyl groups is 1. The average Bonchev–Trinajstić information content (AvgIpc) is 2.68. The monoisotopic (exact) mass is 417 g/mol. The van der Waals surface area contributed by atoms with Gasteiger partial charge in [-0.2, -0.15) is 0 Å². The molecule has 8 heteroatoms. The lowest BCUT2D eigenvalue weighted by Crippen LogP contribution is -2.59. The molecule has 2 heterocycles. The standard InChI is InChI=1S/C22H28FN3O4/c1-22(2,3)18-14-24(10-11-26(18)21(29)30)13-16-8-9-25(20(28)19(16)27)12-15-4-6-17(23)7-5-15/h4-9,18,27H,10-14H2,1-3H3,(H,29,30). The molecular weight excluding hydrogens is 389 g/mol. The summed E-state index contributed by atoms with van der Waals surface area (Å²) in [7, 11) is 0. The molecule has 2 N–H and O–H groups in total. The molecule has 0 spiro atoms. The number of rotatable bonds is 4. The van der Waals surface area contributed by atoms with E-state index in [4.69, 9.17) is 0 Å². The zero-order valence-electron chi connectivity index (χ0n) is 17.5. The third-order valence-corrected chi connectivity index (χ3v) is 5.59. The molecule has 2 aromatic rings. The first-order valence-electron chi connectivity index (χ1n) is 9.94. The molecule has 30 heavy (non-hydrogen) atoms. The van der Waals surface area contributed by atoms with E-state index in [2.05, 4.69) is 4.90 Å². The summed E-state index contributed by atoms with van der Waals surface area (Å²) in [4.78, 5) is 27.7. The van der Waals surface area contributed by atoms with Crippen LogP contribution in [-0.4, -0.2) is 56.3 Å². The van der Waals surface area contributed by atoms with Crippen molar-refractivity contribution in [3.05, 3.63) is 63.8 Å². The third-order valence-electron chi connectivity index (χ3n) is 5.59. The van der Waals surface area contributed by atoms with Crippen LogP contribution in [0.15, 0.2) is 41.3 Å². The normalized spacial score (nSPS) is 17.9. The van der Waals surface area contributed by atoms with E-state index in [0.717, 1.165) is 5.56 Å². The van der Waals surface area contributed by atoms with Gasteiger partial charge in [0.25, 0.3) is 5.56 Å². The number of hydrogen-bond acceptors (Lipinski definition) is 4. The fourth-order valence-electron chi connectivity index (χ4n) is 3.83. The first-order chi connectivity index (χ1) is 14.1. The van der Waals surface area contributed by atoms with Crippen LogP contribution in [0.1, 0.15) is 31.9 Å². The lowest BCUT2D eigenvalue weighted by molar-refractivity contribution is 0.0187. The molecule has 1 amide bonds. The number of hydrogen-bond donors (Lipinski definition) is 2. The van der Waals surface area contributed by atoms with Crippen LogP contribution in [0.2, 0.25) is 0 Å². The molecule has 1 aliphatic rings. The molecular formula is C22H28FN3O4. The van der Waals surface area contributed by atoms with Crippen molar-refractivity contribution in [1.29, 1.82) is 0 Å². The second-order valence-corrected chi connectivity index (χ2v) is 8.84. The SMILES string of the molecule is CC(C)(C)C1CN(Cc2ccn(Cc3ccc(F)cc3)c(=O)c2O)CCN1C(=O)O. The molecule has 1 unspecified atom stereocenters. The zero-order chi connectivity index (χ0) is 22.1. The Morgan fingerprint density at radius 1 is 1.13 bits per heavy atom. The van der Waals surface area contributed by atoms with Crippen LogP contribution in [0, 0.1) is 11.2 Å². The first-order valence-corrected chi connectivity index (χ1v) is 9.94. The van der Waals surface area contributed by atoms with Gasteiger partial charge in [-0.1, -0.05) is 32.9 Å². The van der Waals surface area contributed by atoms with Crippen molar-refractivity contribution in [2.45, 2.75) is 39.9 Å². The Balaban J connectivity index is 1.75. The topological polar surface area (TPSA) is 86.0 Å². The summed E-state index contributed by atoms with van der Waals surface area (Å²) in [6.45, 7) is 8.03. The molecule has 1 atom stereocenters. The van der Waals surface area contributed by atoms with E-state index in [1.54, 1.807) is 24.4 Å². The Kier molecular flexibility index (Phi) is 6.17. The fraction of sp³-hybridized carbons (Fsp3) is 0.455. The lowest BCUT2D eigenvalue weighted by Gasteiger charge is -2.46. The van der Waals surface area contributed by atoms with Crippen molar-refractivity contribution in [3.8, 4) is 5.75 Å². The van der Waals surface area contributed by atoms with Crippen LogP contribution in [0.25, 0.3) is 0 Å². The van der Waals surface area contributed by atoms with Gasteiger partial charge >= 0.3 is 6.09 Å². The van der Waals surface area contributed by atoms with Crippen molar-refractivity contribution in [2.24, 2.45) is 5.41 Å². The number of aromatic nitrogens is 1. The molecule has 1 saturated heterocycles. The number of nitrogens with zero attached hydrogens (tertiary/aromatic N) is 3. The molecule has 3 rings (SSSR count). The molecule has 1 aliphatic heterocycles. The van der Waals surface area contributed by atoms with E-state index >= 15 is 0 Å². The predicted molar refractivity (Wildman–Crippen MR) is 111 cm³/mol. The number of carbonyl (C=O) groups is 1. The van der Waals surface area contributed by atoms with Gasteiger partial charge < -0.3 is 19.7 Å². The smallest absolute Gasteiger partial charge is 0.407 e. The molecule has 1 aromatic carbocycles. The third kappa shape index (κ3) is 4.81. The minimum Gasteiger partial charge on any atom is -0.503 e. The van der Waals surface area contributed by atoms with E-state index in [0.29, 0.717) is 31.7 Å². The maximum Gasteiger partial charge on any atom is 0.407 e. The summed E-state index contributed by atoms with van der Waals surface area (Å²) in [6, 6.07) is 7.37. The van der Waals surface area contributed by atoms with Gasteiger partial charge in [0.2, 0.25) is 0 Å². The molecule has 1 aromatic heterocycles. The van der Waals surface area contributed by atoms with Crippen molar-refractivity contribution >= 4 is 6.09 Å². The Morgan fingerprint density at radius 2 is 1.80 bits per heavy atom. The average molecular weight is 417 g/mol. The molecule has 1 fully saturated rings. The highest BCUT2D eigenvalue weighted by atomic mass is 19.1. The van der Waals surface area contributed by atoms with Gasteiger partial charge in [-0.3, -0.25) is 9.69 Å². The Bertz CT molecular complexity index is 966. The maximum atomic E-state index is 13.1. The fourth-order valence-corrected chi connectivity index (χ4v) is 3.83. The van der Waals surface area contributed by atoms with E-state index in [1.165, 1.54) is 21.6 Å². The maximum absolute atomic E-state index is 13.1. The van der Waals surface area contributed by atoms with Gasteiger partial charge in [-0.15, -0.1) is 0 Å². The van der Waals surface area contributed by atoms with Gasteiger partial charge in [0.05, 0.1) is 12.6 Å². The summed E-state index contributed by atoms with van der Waals surface area (Å²) in [5.41, 5.74) is 0.515. The highest BCUT2D eigenvalue weighted by Crippen LogP contribution is 2.29. The van der Waals surface area contributed by atoms with Crippen LogP contribution in [0.4, 0.5) is 9.18 Å². The number of halogens is 1. The number of benzene rings is 1.